The molecule has 3 aromatic heterocycles. The van der Waals surface area contributed by atoms with E-state index in [1.165, 1.54) is 10.4 Å². The number of anilines is 2. The molecule has 1 fully saturated rings. The van der Waals surface area contributed by atoms with Crippen LogP contribution in [0.2, 0.25) is 0 Å². The van der Waals surface area contributed by atoms with Crippen LogP contribution in [-0.2, 0) is 17.6 Å². The molecule has 0 saturated carbocycles. The number of hydrogen-bond acceptors (Lipinski definition) is 8. The molecule has 6 rings (SSSR count). The number of fused-ring (bicyclic) bond motifs is 4. The van der Waals surface area contributed by atoms with Crippen LogP contribution < -0.4 is 5.32 Å². The number of H-pyrrole nitrogens is 1. The number of rotatable bonds is 3. The maximum atomic E-state index is 13.1. The standard InChI is InChI=1S/C22H24N6O3S2/c29-22(28-5-7-33(30,31)8-6-28)13-1-3-16-18(10-13)32-21-19(16)20(23-12-24-21)26-15-2-4-17-14(9-15)11-25-27-17/h2,4,9,11-13,30-31H,1,3,5-8,10H2,(H,25,27)(H,23,24,26). The van der Waals surface area contributed by atoms with Gasteiger partial charge in [-0.3, -0.25) is 19.0 Å². The van der Waals surface area contributed by atoms with Gasteiger partial charge in [0.1, 0.15) is 17.0 Å². The third-order valence-electron chi connectivity index (χ3n) is 6.59. The summed E-state index contributed by atoms with van der Waals surface area (Å²) in [5.74, 6) is 1.42. The van der Waals surface area contributed by atoms with Gasteiger partial charge in [-0.15, -0.1) is 11.3 Å². The lowest BCUT2D eigenvalue weighted by atomic mass is 9.87. The predicted molar refractivity (Wildman–Crippen MR) is 131 cm³/mol. The highest BCUT2D eigenvalue weighted by atomic mass is 32.3. The number of carbonyl (C=O) groups is 1. The predicted octanol–water partition coefficient (Wildman–Crippen LogP) is 4.01. The highest BCUT2D eigenvalue weighted by molar-refractivity contribution is 8.24. The Morgan fingerprint density at radius 2 is 2.09 bits per heavy atom. The Hall–Kier alpha value is -2.73. The first-order chi connectivity index (χ1) is 16.0. The lowest BCUT2D eigenvalue weighted by Gasteiger charge is -2.42. The molecule has 0 radical (unpaired) electrons. The van der Waals surface area contributed by atoms with Gasteiger partial charge < -0.3 is 10.2 Å². The Morgan fingerprint density at radius 1 is 1.24 bits per heavy atom. The third-order valence-corrected chi connectivity index (χ3v) is 9.42. The lowest BCUT2D eigenvalue weighted by molar-refractivity contribution is -0.135. The Labute approximate surface area is 195 Å². The van der Waals surface area contributed by atoms with Crippen LogP contribution in [-0.4, -0.2) is 64.7 Å². The quantitative estimate of drug-likeness (QED) is 0.346. The molecule has 4 heterocycles. The molecule has 1 aromatic carbocycles. The zero-order chi connectivity index (χ0) is 22.6. The summed E-state index contributed by atoms with van der Waals surface area (Å²) in [4.78, 5) is 26.1. The van der Waals surface area contributed by atoms with Gasteiger partial charge in [-0.1, -0.05) is 0 Å². The van der Waals surface area contributed by atoms with Gasteiger partial charge in [0.25, 0.3) is 0 Å². The minimum absolute atomic E-state index is 0.0710. The molecule has 1 unspecified atom stereocenters. The van der Waals surface area contributed by atoms with Crippen LogP contribution in [0.1, 0.15) is 16.9 Å². The van der Waals surface area contributed by atoms with Crippen molar-refractivity contribution in [3.63, 3.8) is 0 Å². The van der Waals surface area contributed by atoms with Crippen LogP contribution in [0, 0.1) is 5.92 Å². The molecule has 1 amide bonds. The van der Waals surface area contributed by atoms with E-state index in [0.29, 0.717) is 19.5 Å². The van der Waals surface area contributed by atoms with Crippen LogP contribution in [0.4, 0.5) is 11.5 Å². The van der Waals surface area contributed by atoms with Crippen molar-refractivity contribution in [2.75, 3.05) is 29.9 Å². The summed E-state index contributed by atoms with van der Waals surface area (Å²) in [6.45, 7) is 0.856. The number of aromatic nitrogens is 4. The Bertz CT molecular complexity index is 1360. The van der Waals surface area contributed by atoms with E-state index in [4.69, 9.17) is 0 Å². The second kappa shape index (κ2) is 7.94. The molecule has 2 aliphatic rings. The average molecular weight is 485 g/mol. The van der Waals surface area contributed by atoms with Crippen molar-refractivity contribution in [1.82, 2.24) is 25.1 Å². The number of amides is 1. The number of nitrogens with one attached hydrogen (secondary N) is 2. The molecule has 172 valence electrons. The molecule has 0 spiro atoms. The topological polar surface area (TPSA) is 127 Å². The van der Waals surface area contributed by atoms with E-state index < -0.39 is 10.6 Å². The minimum atomic E-state index is -2.50. The van der Waals surface area contributed by atoms with E-state index >= 15 is 0 Å². The molecule has 9 nitrogen and oxygen atoms in total. The number of nitrogens with zero attached hydrogens (tertiary/aromatic N) is 4. The van der Waals surface area contributed by atoms with E-state index in [1.54, 1.807) is 28.8 Å². The zero-order valence-electron chi connectivity index (χ0n) is 17.8. The maximum absolute atomic E-state index is 13.1. The van der Waals surface area contributed by atoms with E-state index in [1.807, 2.05) is 18.2 Å². The van der Waals surface area contributed by atoms with Gasteiger partial charge in [0, 0.05) is 35.0 Å². The van der Waals surface area contributed by atoms with Crippen LogP contribution >= 0.6 is 21.9 Å². The van der Waals surface area contributed by atoms with Gasteiger partial charge in [0.15, 0.2) is 0 Å². The van der Waals surface area contributed by atoms with Gasteiger partial charge >= 0.3 is 0 Å². The monoisotopic (exact) mass is 484 g/mol. The Kier molecular flexibility index (Phi) is 5.02. The largest absolute Gasteiger partial charge is 0.340 e. The molecular weight excluding hydrogens is 460 g/mol. The van der Waals surface area contributed by atoms with Crippen LogP contribution in [0.3, 0.4) is 0 Å². The summed E-state index contributed by atoms with van der Waals surface area (Å²) in [5.41, 5.74) is 3.15. The van der Waals surface area contributed by atoms with E-state index in [2.05, 4.69) is 25.5 Å². The Balaban J connectivity index is 1.25. The van der Waals surface area contributed by atoms with Gasteiger partial charge in [0.05, 0.1) is 28.6 Å². The second-order valence-corrected chi connectivity index (χ2v) is 12.2. The fourth-order valence-electron chi connectivity index (χ4n) is 4.78. The summed E-state index contributed by atoms with van der Waals surface area (Å²) in [7, 11) is -2.50. The van der Waals surface area contributed by atoms with Crippen molar-refractivity contribution in [3.05, 3.63) is 41.2 Å². The van der Waals surface area contributed by atoms with Gasteiger partial charge in [-0.25, -0.2) is 9.97 Å². The van der Waals surface area contributed by atoms with E-state index in [0.717, 1.165) is 45.5 Å². The summed E-state index contributed by atoms with van der Waals surface area (Å²) in [6.07, 6.45) is 5.65. The van der Waals surface area contributed by atoms with E-state index in [9.17, 15) is 13.9 Å². The van der Waals surface area contributed by atoms with Gasteiger partial charge in [-0.2, -0.15) is 15.7 Å². The van der Waals surface area contributed by atoms with Crippen molar-refractivity contribution >= 4 is 60.5 Å². The average Bonchev–Trinajstić information content (AvgIpc) is 3.42. The number of aryl methyl sites for hydroxylation is 1. The third kappa shape index (κ3) is 3.84. The molecule has 0 bridgehead atoms. The number of hydrogen-bond donors (Lipinski definition) is 4. The van der Waals surface area contributed by atoms with Crippen molar-refractivity contribution in [3.8, 4) is 0 Å². The fourth-order valence-corrected chi connectivity index (χ4v) is 7.27. The fraction of sp³-hybridized carbons (Fsp3) is 0.364. The molecular formula is C22H24N6O3S2. The van der Waals surface area contributed by atoms with Crippen LogP contribution in [0.15, 0.2) is 30.7 Å². The first-order valence-electron chi connectivity index (χ1n) is 10.9. The molecule has 4 N–H and O–H groups in total. The zero-order valence-corrected chi connectivity index (χ0v) is 19.5. The molecule has 11 heteroatoms. The molecule has 1 saturated heterocycles. The van der Waals surface area contributed by atoms with Crippen molar-refractivity contribution in [2.45, 2.75) is 19.3 Å². The molecule has 33 heavy (non-hydrogen) atoms. The first-order valence-corrected chi connectivity index (χ1v) is 13.6. The van der Waals surface area contributed by atoms with Crippen molar-refractivity contribution < 1.29 is 13.9 Å². The number of thiophene rings is 1. The number of carbonyl (C=O) groups excluding carboxylic acids is 1. The second-order valence-electron chi connectivity index (χ2n) is 8.68. The Morgan fingerprint density at radius 3 is 2.94 bits per heavy atom. The SMILES string of the molecule is O=C(C1CCc2c(sc3ncnc(Nc4ccc5[nH]ncc5c4)c23)C1)N1CCS(O)(O)CC1. The molecule has 1 atom stereocenters. The normalized spacial score (nSPS) is 21.2. The van der Waals surface area contributed by atoms with Gasteiger partial charge in [-0.05, 0) is 43.0 Å². The number of benzene rings is 1. The lowest BCUT2D eigenvalue weighted by Crippen LogP contribution is -2.45. The van der Waals surface area contributed by atoms with Crippen molar-refractivity contribution in [2.24, 2.45) is 5.92 Å². The summed E-state index contributed by atoms with van der Waals surface area (Å²) in [6, 6.07) is 6.02. The summed E-state index contributed by atoms with van der Waals surface area (Å²) >= 11 is 1.64. The minimum Gasteiger partial charge on any atom is -0.340 e. The maximum Gasteiger partial charge on any atom is 0.226 e. The van der Waals surface area contributed by atoms with Gasteiger partial charge in [0.2, 0.25) is 5.91 Å². The van der Waals surface area contributed by atoms with Crippen LogP contribution in [0.25, 0.3) is 21.1 Å². The molecule has 1 aliphatic heterocycles. The van der Waals surface area contributed by atoms with E-state index in [-0.39, 0.29) is 23.3 Å². The van der Waals surface area contributed by atoms with Crippen molar-refractivity contribution in [1.29, 1.82) is 0 Å². The molecule has 4 aromatic rings. The summed E-state index contributed by atoms with van der Waals surface area (Å²) in [5, 5.41) is 12.6. The number of aromatic amines is 1. The molecule has 1 aliphatic carbocycles. The summed E-state index contributed by atoms with van der Waals surface area (Å²) < 4.78 is 19.7. The first kappa shape index (κ1) is 20.8. The van der Waals surface area contributed by atoms with Crippen LogP contribution in [0.5, 0.6) is 0 Å². The highest BCUT2D eigenvalue weighted by Crippen LogP contribution is 2.43. The highest BCUT2D eigenvalue weighted by Gasteiger charge is 2.34. The smallest absolute Gasteiger partial charge is 0.226 e.